The molecule has 0 aromatic heterocycles. The van der Waals surface area contributed by atoms with Crippen LogP contribution in [0.5, 0.6) is 0 Å². The van der Waals surface area contributed by atoms with E-state index in [0.717, 1.165) is 5.56 Å². The standard InChI is InChI=1S/C17H22N2O4/c1-11(2)19-10-9-14(16(19)21)18-15(20)8-5-12-3-6-13(7-4-12)17(22)23/h3-4,6-7,11,14H,5,8-10H2,1-2H3,(H,18,20)(H,22,23)/t14-/m1/s1. The lowest BCUT2D eigenvalue weighted by molar-refractivity contribution is -0.133. The van der Waals surface area contributed by atoms with Crippen molar-refractivity contribution in [3.05, 3.63) is 35.4 Å². The van der Waals surface area contributed by atoms with Gasteiger partial charge in [-0.25, -0.2) is 4.79 Å². The van der Waals surface area contributed by atoms with Crippen molar-refractivity contribution in [1.29, 1.82) is 0 Å². The van der Waals surface area contributed by atoms with Crippen molar-refractivity contribution in [3.8, 4) is 0 Å². The normalized spacial score (nSPS) is 17.6. The third-order valence-electron chi connectivity index (χ3n) is 4.04. The number of hydrogen-bond acceptors (Lipinski definition) is 3. The first-order chi connectivity index (χ1) is 10.9. The van der Waals surface area contributed by atoms with Gasteiger partial charge in [-0.05, 0) is 44.4 Å². The van der Waals surface area contributed by atoms with Crippen LogP contribution in [0.1, 0.15) is 42.6 Å². The quantitative estimate of drug-likeness (QED) is 0.831. The smallest absolute Gasteiger partial charge is 0.335 e. The lowest BCUT2D eigenvalue weighted by Gasteiger charge is -2.21. The van der Waals surface area contributed by atoms with Crippen LogP contribution in [-0.4, -0.2) is 46.4 Å². The van der Waals surface area contributed by atoms with Gasteiger partial charge in [-0.1, -0.05) is 12.1 Å². The largest absolute Gasteiger partial charge is 0.478 e. The number of likely N-dealkylation sites (tertiary alicyclic amines) is 1. The minimum atomic E-state index is -0.969. The Balaban J connectivity index is 1.81. The van der Waals surface area contributed by atoms with Gasteiger partial charge < -0.3 is 15.3 Å². The Labute approximate surface area is 135 Å². The number of carboxylic acid groups (broad SMARTS) is 1. The first-order valence-corrected chi connectivity index (χ1v) is 7.80. The number of carbonyl (C=O) groups excluding carboxylic acids is 2. The van der Waals surface area contributed by atoms with Crippen LogP contribution in [0.2, 0.25) is 0 Å². The van der Waals surface area contributed by atoms with E-state index in [1.165, 1.54) is 12.1 Å². The molecule has 2 N–H and O–H groups in total. The van der Waals surface area contributed by atoms with Crippen LogP contribution in [-0.2, 0) is 16.0 Å². The van der Waals surface area contributed by atoms with Crippen LogP contribution >= 0.6 is 0 Å². The molecule has 1 aromatic rings. The molecule has 2 rings (SSSR count). The minimum Gasteiger partial charge on any atom is -0.478 e. The van der Waals surface area contributed by atoms with Gasteiger partial charge in [0.15, 0.2) is 0 Å². The van der Waals surface area contributed by atoms with Crippen molar-refractivity contribution in [1.82, 2.24) is 10.2 Å². The average Bonchev–Trinajstić information content (AvgIpc) is 2.87. The highest BCUT2D eigenvalue weighted by atomic mass is 16.4. The number of carboxylic acids is 1. The number of nitrogens with zero attached hydrogens (tertiary/aromatic N) is 1. The molecule has 1 saturated heterocycles. The summed E-state index contributed by atoms with van der Waals surface area (Å²) >= 11 is 0. The Bertz CT molecular complexity index is 595. The molecular formula is C17H22N2O4. The van der Waals surface area contributed by atoms with Crippen LogP contribution < -0.4 is 5.32 Å². The predicted molar refractivity (Wildman–Crippen MR) is 85.1 cm³/mol. The number of aromatic carboxylic acids is 1. The zero-order valence-corrected chi connectivity index (χ0v) is 13.4. The number of nitrogens with one attached hydrogen (secondary N) is 1. The molecule has 1 aromatic carbocycles. The summed E-state index contributed by atoms with van der Waals surface area (Å²) in [5, 5.41) is 11.6. The number of hydrogen-bond donors (Lipinski definition) is 2. The molecule has 124 valence electrons. The van der Waals surface area contributed by atoms with Crippen LogP contribution in [0.4, 0.5) is 0 Å². The Kier molecular flexibility index (Phi) is 5.36. The van der Waals surface area contributed by atoms with Crippen molar-refractivity contribution in [2.45, 2.75) is 45.2 Å². The van der Waals surface area contributed by atoms with Crippen LogP contribution in [0.15, 0.2) is 24.3 Å². The summed E-state index contributed by atoms with van der Waals surface area (Å²) in [6.45, 7) is 4.60. The van der Waals surface area contributed by atoms with Crippen molar-refractivity contribution >= 4 is 17.8 Å². The van der Waals surface area contributed by atoms with E-state index in [4.69, 9.17) is 5.11 Å². The fourth-order valence-electron chi connectivity index (χ4n) is 2.69. The topological polar surface area (TPSA) is 86.7 Å². The number of amides is 2. The molecule has 0 aliphatic carbocycles. The van der Waals surface area contributed by atoms with E-state index in [2.05, 4.69) is 5.32 Å². The molecule has 0 bridgehead atoms. The van der Waals surface area contributed by atoms with Crippen molar-refractivity contribution in [2.24, 2.45) is 0 Å². The first kappa shape index (κ1) is 17.0. The minimum absolute atomic E-state index is 0.0147. The summed E-state index contributed by atoms with van der Waals surface area (Å²) in [5.74, 6) is -1.14. The fraction of sp³-hybridized carbons (Fsp3) is 0.471. The van der Waals surface area contributed by atoms with Gasteiger partial charge >= 0.3 is 5.97 Å². The van der Waals surface area contributed by atoms with Gasteiger partial charge in [0.1, 0.15) is 6.04 Å². The molecule has 1 heterocycles. The van der Waals surface area contributed by atoms with Gasteiger partial charge in [0.05, 0.1) is 5.56 Å². The van der Waals surface area contributed by atoms with Crippen molar-refractivity contribution in [2.75, 3.05) is 6.54 Å². The van der Waals surface area contributed by atoms with Gasteiger partial charge in [0, 0.05) is 19.0 Å². The summed E-state index contributed by atoms with van der Waals surface area (Å²) in [4.78, 5) is 36.7. The third-order valence-corrected chi connectivity index (χ3v) is 4.04. The zero-order valence-electron chi connectivity index (χ0n) is 13.4. The molecule has 1 fully saturated rings. The Morgan fingerprint density at radius 3 is 2.48 bits per heavy atom. The Morgan fingerprint density at radius 1 is 1.30 bits per heavy atom. The van der Waals surface area contributed by atoms with E-state index in [0.29, 0.717) is 19.4 Å². The van der Waals surface area contributed by atoms with Gasteiger partial charge in [0.25, 0.3) is 0 Å². The predicted octanol–water partition coefficient (Wildman–Crippen LogP) is 1.44. The number of rotatable bonds is 6. The molecule has 0 spiro atoms. The Hall–Kier alpha value is -2.37. The molecule has 2 amide bonds. The summed E-state index contributed by atoms with van der Waals surface area (Å²) in [6.07, 6.45) is 1.44. The maximum absolute atomic E-state index is 12.1. The van der Waals surface area contributed by atoms with Crippen LogP contribution in [0, 0.1) is 0 Å². The van der Waals surface area contributed by atoms with E-state index in [-0.39, 0.29) is 29.8 Å². The highest BCUT2D eigenvalue weighted by Gasteiger charge is 2.33. The lowest BCUT2D eigenvalue weighted by atomic mass is 10.1. The third kappa shape index (κ3) is 4.31. The van der Waals surface area contributed by atoms with E-state index in [9.17, 15) is 14.4 Å². The highest BCUT2D eigenvalue weighted by molar-refractivity contribution is 5.89. The lowest BCUT2D eigenvalue weighted by Crippen LogP contribution is -2.43. The maximum atomic E-state index is 12.1. The molecule has 0 saturated carbocycles. The van der Waals surface area contributed by atoms with Gasteiger partial charge in [-0.3, -0.25) is 9.59 Å². The van der Waals surface area contributed by atoms with Crippen molar-refractivity contribution in [3.63, 3.8) is 0 Å². The number of benzene rings is 1. The molecule has 1 aliphatic rings. The monoisotopic (exact) mass is 318 g/mol. The SMILES string of the molecule is CC(C)N1CC[C@@H](NC(=O)CCc2ccc(C(=O)O)cc2)C1=O. The van der Waals surface area contributed by atoms with Gasteiger partial charge in [0.2, 0.25) is 11.8 Å². The highest BCUT2D eigenvalue weighted by Crippen LogP contribution is 2.14. The van der Waals surface area contributed by atoms with Gasteiger partial charge in [-0.2, -0.15) is 0 Å². The first-order valence-electron chi connectivity index (χ1n) is 7.80. The molecule has 0 radical (unpaired) electrons. The van der Waals surface area contributed by atoms with Gasteiger partial charge in [-0.15, -0.1) is 0 Å². The van der Waals surface area contributed by atoms with Crippen LogP contribution in [0.25, 0.3) is 0 Å². The molecular weight excluding hydrogens is 296 g/mol. The molecule has 6 nitrogen and oxygen atoms in total. The van der Waals surface area contributed by atoms with Crippen LogP contribution in [0.3, 0.4) is 0 Å². The summed E-state index contributed by atoms with van der Waals surface area (Å²) in [5.41, 5.74) is 1.12. The number of carbonyl (C=O) groups is 3. The average molecular weight is 318 g/mol. The fourth-order valence-corrected chi connectivity index (χ4v) is 2.69. The molecule has 23 heavy (non-hydrogen) atoms. The second-order valence-electron chi connectivity index (χ2n) is 6.04. The summed E-state index contributed by atoms with van der Waals surface area (Å²) in [7, 11) is 0. The number of aryl methyl sites for hydroxylation is 1. The maximum Gasteiger partial charge on any atom is 0.335 e. The zero-order chi connectivity index (χ0) is 17.0. The molecule has 1 aliphatic heterocycles. The second kappa shape index (κ2) is 7.26. The summed E-state index contributed by atoms with van der Waals surface area (Å²) in [6, 6.07) is 6.19. The Morgan fingerprint density at radius 2 is 1.96 bits per heavy atom. The van der Waals surface area contributed by atoms with E-state index in [1.54, 1.807) is 17.0 Å². The van der Waals surface area contributed by atoms with E-state index < -0.39 is 12.0 Å². The van der Waals surface area contributed by atoms with E-state index in [1.807, 2.05) is 13.8 Å². The van der Waals surface area contributed by atoms with E-state index >= 15 is 0 Å². The summed E-state index contributed by atoms with van der Waals surface area (Å²) < 4.78 is 0. The molecule has 1 atom stereocenters. The van der Waals surface area contributed by atoms with Crippen molar-refractivity contribution < 1.29 is 19.5 Å². The second-order valence-corrected chi connectivity index (χ2v) is 6.04. The molecule has 0 unspecified atom stereocenters. The molecule has 6 heteroatoms.